The van der Waals surface area contributed by atoms with E-state index >= 15 is 0 Å². The third-order valence-electron chi connectivity index (χ3n) is 2.37. The molecular formula is C12H15NO2. The third-order valence-corrected chi connectivity index (χ3v) is 2.37. The van der Waals surface area contributed by atoms with Gasteiger partial charge in [-0.15, -0.1) is 0 Å². The molecule has 0 saturated heterocycles. The maximum atomic E-state index is 10.9. The Morgan fingerprint density at radius 3 is 2.47 bits per heavy atom. The normalized spacial score (nSPS) is 10.0. The van der Waals surface area contributed by atoms with Gasteiger partial charge >= 0.3 is 0 Å². The monoisotopic (exact) mass is 205 g/mol. The van der Waals surface area contributed by atoms with E-state index in [1.165, 1.54) is 0 Å². The number of hydrogen-bond donors (Lipinski definition) is 1. The third kappa shape index (κ3) is 3.20. The van der Waals surface area contributed by atoms with Crippen molar-refractivity contribution >= 4 is 11.7 Å². The quantitative estimate of drug-likeness (QED) is 0.811. The highest BCUT2D eigenvalue weighted by molar-refractivity contribution is 5.93. The molecule has 1 aromatic carbocycles. The van der Waals surface area contributed by atoms with Crippen LogP contribution < -0.4 is 5.73 Å². The van der Waals surface area contributed by atoms with Crippen LogP contribution >= 0.6 is 0 Å². The lowest BCUT2D eigenvalue weighted by Gasteiger charge is -2.05. The number of hydrogen-bond acceptors (Lipinski definition) is 2. The van der Waals surface area contributed by atoms with Crippen molar-refractivity contribution in [3.8, 4) is 0 Å². The van der Waals surface area contributed by atoms with E-state index in [-0.39, 0.29) is 5.78 Å². The molecule has 0 aliphatic rings. The van der Waals surface area contributed by atoms with E-state index in [2.05, 4.69) is 0 Å². The highest BCUT2D eigenvalue weighted by atomic mass is 16.1. The summed E-state index contributed by atoms with van der Waals surface area (Å²) < 4.78 is 0. The number of ketones is 1. The van der Waals surface area contributed by atoms with Crippen molar-refractivity contribution in [2.45, 2.75) is 26.7 Å². The molecule has 3 heteroatoms. The molecule has 0 radical (unpaired) electrons. The van der Waals surface area contributed by atoms with Crippen molar-refractivity contribution in [3.63, 3.8) is 0 Å². The molecule has 1 rings (SSSR count). The average molecular weight is 205 g/mol. The first kappa shape index (κ1) is 11.4. The average Bonchev–Trinajstić information content (AvgIpc) is 2.15. The molecule has 1 aromatic rings. The summed E-state index contributed by atoms with van der Waals surface area (Å²) in [7, 11) is 0. The van der Waals surface area contributed by atoms with Gasteiger partial charge in [0.25, 0.3) is 0 Å². The van der Waals surface area contributed by atoms with Gasteiger partial charge in [0, 0.05) is 12.0 Å². The van der Waals surface area contributed by atoms with E-state index in [0.717, 1.165) is 17.5 Å². The molecule has 1 amide bonds. The number of amides is 1. The second kappa shape index (κ2) is 4.73. The second-order valence-electron chi connectivity index (χ2n) is 3.71. The zero-order chi connectivity index (χ0) is 11.4. The lowest BCUT2D eigenvalue weighted by Crippen LogP contribution is -2.11. The van der Waals surface area contributed by atoms with Crippen LogP contribution in [-0.4, -0.2) is 11.7 Å². The van der Waals surface area contributed by atoms with Crippen molar-refractivity contribution in [3.05, 3.63) is 34.9 Å². The van der Waals surface area contributed by atoms with Crippen LogP contribution in [0.15, 0.2) is 18.2 Å². The molecule has 0 saturated carbocycles. The summed E-state index contributed by atoms with van der Waals surface area (Å²) in [5.74, 6) is -0.246. The molecule has 0 heterocycles. The van der Waals surface area contributed by atoms with E-state index < -0.39 is 5.91 Å². The van der Waals surface area contributed by atoms with Crippen LogP contribution in [0.1, 0.15) is 34.8 Å². The van der Waals surface area contributed by atoms with E-state index in [9.17, 15) is 9.59 Å². The fourth-order valence-electron chi connectivity index (χ4n) is 1.44. The van der Waals surface area contributed by atoms with Crippen LogP contribution in [-0.2, 0) is 11.2 Å². The first-order valence-corrected chi connectivity index (χ1v) is 4.89. The molecule has 3 nitrogen and oxygen atoms in total. The summed E-state index contributed by atoms with van der Waals surface area (Å²) in [6.07, 6.45) is 1.26. The Hall–Kier alpha value is -1.64. The van der Waals surface area contributed by atoms with Gasteiger partial charge in [-0.2, -0.15) is 0 Å². The minimum atomic E-state index is -0.420. The fourth-order valence-corrected chi connectivity index (χ4v) is 1.44. The molecule has 0 spiro atoms. The number of carbonyl (C=O) groups excluding carboxylic acids is 2. The highest BCUT2D eigenvalue weighted by Crippen LogP contribution is 2.13. The van der Waals surface area contributed by atoms with Crippen molar-refractivity contribution in [2.75, 3.05) is 0 Å². The number of nitrogens with two attached hydrogens (primary N) is 1. The Labute approximate surface area is 89.3 Å². The Morgan fingerprint density at radius 1 is 1.33 bits per heavy atom. The van der Waals surface area contributed by atoms with Crippen LogP contribution in [0.3, 0.4) is 0 Å². The van der Waals surface area contributed by atoms with Gasteiger partial charge in [0.1, 0.15) is 5.78 Å². The van der Waals surface area contributed by atoms with Gasteiger partial charge in [-0.3, -0.25) is 4.79 Å². The molecule has 15 heavy (non-hydrogen) atoms. The Balaban J connectivity index is 2.83. The van der Waals surface area contributed by atoms with Crippen molar-refractivity contribution in [1.82, 2.24) is 0 Å². The minimum absolute atomic E-state index is 0.174. The first-order chi connectivity index (χ1) is 7.00. The van der Waals surface area contributed by atoms with E-state index in [1.54, 1.807) is 19.1 Å². The molecule has 0 aliphatic heterocycles. The summed E-state index contributed by atoms with van der Waals surface area (Å²) in [6, 6.07) is 5.32. The number of benzene rings is 1. The van der Waals surface area contributed by atoms with E-state index in [1.807, 2.05) is 13.0 Å². The standard InChI is InChI=1S/C12H15NO2/c1-8-7-11(12(13)15)6-5-10(8)4-3-9(2)14/h5-7H,3-4H2,1-2H3,(H2,13,15). The molecule has 0 bridgehead atoms. The van der Waals surface area contributed by atoms with Crippen molar-refractivity contribution in [2.24, 2.45) is 5.73 Å². The van der Waals surface area contributed by atoms with Gasteiger partial charge in [0.2, 0.25) is 5.91 Å². The molecule has 0 unspecified atom stereocenters. The van der Waals surface area contributed by atoms with Crippen LogP contribution in [0, 0.1) is 6.92 Å². The van der Waals surface area contributed by atoms with Gasteiger partial charge in [-0.1, -0.05) is 6.07 Å². The SMILES string of the molecule is CC(=O)CCc1ccc(C(N)=O)cc1C. The summed E-state index contributed by atoms with van der Waals surface area (Å²) >= 11 is 0. The zero-order valence-corrected chi connectivity index (χ0v) is 9.04. The number of Topliss-reactive ketones (excluding diaryl/α,β-unsaturated/α-hetero) is 1. The molecule has 0 aliphatic carbocycles. The van der Waals surface area contributed by atoms with E-state index in [4.69, 9.17) is 5.73 Å². The molecule has 80 valence electrons. The highest BCUT2D eigenvalue weighted by Gasteiger charge is 2.04. The van der Waals surface area contributed by atoms with Crippen LogP contribution in [0.5, 0.6) is 0 Å². The zero-order valence-electron chi connectivity index (χ0n) is 9.04. The summed E-state index contributed by atoms with van der Waals surface area (Å²) in [5.41, 5.74) is 7.77. The summed E-state index contributed by atoms with van der Waals surface area (Å²) in [5, 5.41) is 0. The van der Waals surface area contributed by atoms with Gasteiger partial charge in [-0.25, -0.2) is 0 Å². The van der Waals surface area contributed by atoms with Gasteiger partial charge < -0.3 is 10.5 Å². The Kier molecular flexibility index (Phi) is 3.61. The Morgan fingerprint density at radius 2 is 2.00 bits per heavy atom. The number of primary amides is 1. The smallest absolute Gasteiger partial charge is 0.248 e. The lowest BCUT2D eigenvalue weighted by atomic mass is 10.00. The predicted octanol–water partition coefficient (Wildman–Crippen LogP) is 1.62. The number of rotatable bonds is 4. The first-order valence-electron chi connectivity index (χ1n) is 4.89. The molecule has 2 N–H and O–H groups in total. The summed E-state index contributed by atoms with van der Waals surface area (Å²) in [4.78, 5) is 21.7. The van der Waals surface area contributed by atoms with Gasteiger partial charge in [0.05, 0.1) is 0 Å². The van der Waals surface area contributed by atoms with Crippen molar-refractivity contribution < 1.29 is 9.59 Å². The fraction of sp³-hybridized carbons (Fsp3) is 0.333. The maximum absolute atomic E-state index is 10.9. The van der Waals surface area contributed by atoms with Crippen LogP contribution in [0.4, 0.5) is 0 Å². The molecule has 0 aromatic heterocycles. The minimum Gasteiger partial charge on any atom is -0.366 e. The van der Waals surface area contributed by atoms with Crippen molar-refractivity contribution in [1.29, 1.82) is 0 Å². The lowest BCUT2D eigenvalue weighted by molar-refractivity contribution is -0.116. The predicted molar refractivity (Wildman–Crippen MR) is 58.7 cm³/mol. The molecule has 0 atom stereocenters. The number of carbonyl (C=O) groups is 2. The van der Waals surface area contributed by atoms with E-state index in [0.29, 0.717) is 12.0 Å². The number of aryl methyl sites for hydroxylation is 2. The van der Waals surface area contributed by atoms with Gasteiger partial charge in [-0.05, 0) is 43.5 Å². The Bertz CT molecular complexity index is 397. The molecular weight excluding hydrogens is 190 g/mol. The topological polar surface area (TPSA) is 60.2 Å². The summed E-state index contributed by atoms with van der Waals surface area (Å²) in [6.45, 7) is 3.50. The second-order valence-corrected chi connectivity index (χ2v) is 3.71. The van der Waals surface area contributed by atoms with Gasteiger partial charge in [0.15, 0.2) is 0 Å². The maximum Gasteiger partial charge on any atom is 0.248 e. The molecule has 0 fully saturated rings. The van der Waals surface area contributed by atoms with Crippen LogP contribution in [0.25, 0.3) is 0 Å². The van der Waals surface area contributed by atoms with Crippen LogP contribution in [0.2, 0.25) is 0 Å². The largest absolute Gasteiger partial charge is 0.366 e.